The molecule has 33 heavy (non-hydrogen) atoms. The Balaban J connectivity index is 1.67. The van der Waals surface area contributed by atoms with Crippen LogP contribution in [0.2, 0.25) is 0 Å². The third kappa shape index (κ3) is 3.90. The fourth-order valence-corrected chi connectivity index (χ4v) is 5.19. The minimum absolute atomic E-state index is 0.0181. The van der Waals surface area contributed by atoms with Crippen molar-refractivity contribution in [1.82, 2.24) is 9.78 Å². The minimum Gasteiger partial charge on any atom is -0.341 e. The van der Waals surface area contributed by atoms with E-state index in [0.717, 1.165) is 47.6 Å². The van der Waals surface area contributed by atoms with Gasteiger partial charge in [0.15, 0.2) is 0 Å². The van der Waals surface area contributed by atoms with Gasteiger partial charge < -0.3 is 10.2 Å². The molecule has 7 heteroatoms. The van der Waals surface area contributed by atoms with Crippen LogP contribution in [-0.2, 0) is 18.3 Å². The van der Waals surface area contributed by atoms with E-state index in [0.29, 0.717) is 17.5 Å². The molecule has 2 aromatic carbocycles. The van der Waals surface area contributed by atoms with Crippen LogP contribution in [0.15, 0.2) is 42.7 Å². The van der Waals surface area contributed by atoms with Crippen molar-refractivity contribution in [3.05, 3.63) is 59.4 Å². The molecule has 2 atom stereocenters. The Morgan fingerprint density at radius 2 is 1.97 bits per heavy atom. The standard InChI is InChI=1S/C26H28F2N4O/c1-15-9-21-22(30-25(33)10-15)5-4-6-23(21)32-8-7-16(2)18-11-19(17-13-29-31(3)14-17)20(26(27)28)12-24(18)32/h4-6,11-16,26H,7-10H2,1-3H3,(H,30,33)/t15-,16+/m0/s1. The van der Waals surface area contributed by atoms with E-state index in [1.54, 1.807) is 30.2 Å². The van der Waals surface area contributed by atoms with Gasteiger partial charge in [0.2, 0.25) is 5.91 Å². The largest absolute Gasteiger partial charge is 0.341 e. The molecular weight excluding hydrogens is 422 g/mol. The maximum atomic E-state index is 14.2. The van der Waals surface area contributed by atoms with Gasteiger partial charge in [0.05, 0.1) is 6.20 Å². The molecule has 3 aromatic rings. The van der Waals surface area contributed by atoms with Crippen molar-refractivity contribution in [2.24, 2.45) is 13.0 Å². The summed E-state index contributed by atoms with van der Waals surface area (Å²) in [7, 11) is 1.79. The molecule has 3 heterocycles. The second kappa shape index (κ2) is 8.28. The van der Waals surface area contributed by atoms with Gasteiger partial charge in [0.25, 0.3) is 6.43 Å². The van der Waals surface area contributed by atoms with Gasteiger partial charge in [0, 0.05) is 54.4 Å². The van der Waals surface area contributed by atoms with Gasteiger partial charge in [0.1, 0.15) is 0 Å². The fraction of sp³-hybridized carbons (Fsp3) is 0.385. The lowest BCUT2D eigenvalue weighted by molar-refractivity contribution is -0.116. The van der Waals surface area contributed by atoms with Crippen LogP contribution < -0.4 is 10.2 Å². The molecule has 2 aliphatic rings. The Labute approximate surface area is 192 Å². The Morgan fingerprint density at radius 3 is 2.70 bits per heavy atom. The van der Waals surface area contributed by atoms with Crippen LogP contribution in [0.5, 0.6) is 0 Å². The number of benzene rings is 2. The second-order valence-electron chi connectivity index (χ2n) is 9.41. The zero-order valence-corrected chi connectivity index (χ0v) is 19.1. The van der Waals surface area contributed by atoms with Gasteiger partial charge >= 0.3 is 0 Å². The number of nitrogens with zero attached hydrogens (tertiary/aromatic N) is 3. The highest BCUT2D eigenvalue weighted by Crippen LogP contribution is 2.46. The van der Waals surface area contributed by atoms with E-state index in [4.69, 9.17) is 0 Å². The maximum Gasteiger partial charge on any atom is 0.264 e. The summed E-state index contributed by atoms with van der Waals surface area (Å²) >= 11 is 0. The molecule has 0 fully saturated rings. The summed E-state index contributed by atoms with van der Waals surface area (Å²) in [6.07, 6.45) is 2.98. The number of amides is 1. The molecule has 0 saturated heterocycles. The number of nitrogens with one attached hydrogen (secondary N) is 1. The smallest absolute Gasteiger partial charge is 0.264 e. The third-order valence-corrected chi connectivity index (χ3v) is 6.86. The molecule has 1 aromatic heterocycles. The highest BCUT2D eigenvalue weighted by atomic mass is 19.3. The number of hydrogen-bond acceptors (Lipinski definition) is 3. The van der Waals surface area contributed by atoms with Crippen LogP contribution in [0.4, 0.5) is 25.8 Å². The normalized spacial score (nSPS) is 20.3. The Morgan fingerprint density at radius 1 is 1.15 bits per heavy atom. The molecule has 0 radical (unpaired) electrons. The SMILES string of the molecule is C[C@@H]1CC(=O)Nc2cccc(N3CC[C@@H](C)c4cc(-c5cnn(C)c5)c(C(F)F)cc43)c2C1. The van der Waals surface area contributed by atoms with E-state index in [-0.39, 0.29) is 23.3 Å². The van der Waals surface area contributed by atoms with Gasteiger partial charge in [-0.25, -0.2) is 8.78 Å². The zero-order valence-electron chi connectivity index (χ0n) is 19.1. The molecular formula is C26H28F2N4O. The molecule has 0 bridgehead atoms. The van der Waals surface area contributed by atoms with Crippen LogP contribution in [0.25, 0.3) is 11.1 Å². The molecule has 2 aliphatic heterocycles. The fourth-order valence-electron chi connectivity index (χ4n) is 5.19. The molecule has 172 valence electrons. The lowest BCUT2D eigenvalue weighted by atomic mass is 9.86. The Bertz CT molecular complexity index is 1220. The Kier molecular flexibility index (Phi) is 5.43. The number of hydrogen-bond donors (Lipinski definition) is 1. The average Bonchev–Trinajstić information content (AvgIpc) is 3.14. The molecule has 0 unspecified atom stereocenters. The average molecular weight is 451 g/mol. The van der Waals surface area contributed by atoms with E-state index >= 15 is 0 Å². The van der Waals surface area contributed by atoms with Crippen molar-refractivity contribution < 1.29 is 13.6 Å². The van der Waals surface area contributed by atoms with E-state index < -0.39 is 6.43 Å². The summed E-state index contributed by atoms with van der Waals surface area (Å²) in [5, 5.41) is 7.22. The summed E-state index contributed by atoms with van der Waals surface area (Å²) < 4.78 is 30.1. The van der Waals surface area contributed by atoms with E-state index in [1.165, 1.54) is 0 Å². The van der Waals surface area contributed by atoms with Gasteiger partial charge in [-0.05, 0) is 65.6 Å². The second-order valence-corrected chi connectivity index (χ2v) is 9.41. The van der Waals surface area contributed by atoms with Crippen LogP contribution in [-0.4, -0.2) is 22.2 Å². The van der Waals surface area contributed by atoms with Gasteiger partial charge in [-0.2, -0.15) is 5.10 Å². The first-order valence-electron chi connectivity index (χ1n) is 11.5. The van der Waals surface area contributed by atoms with E-state index in [2.05, 4.69) is 29.2 Å². The van der Waals surface area contributed by atoms with Gasteiger partial charge in [-0.15, -0.1) is 0 Å². The highest BCUT2D eigenvalue weighted by Gasteiger charge is 2.30. The van der Waals surface area contributed by atoms with E-state index in [1.807, 2.05) is 24.3 Å². The predicted molar refractivity (Wildman–Crippen MR) is 126 cm³/mol. The maximum absolute atomic E-state index is 14.2. The zero-order chi connectivity index (χ0) is 23.3. The van der Waals surface area contributed by atoms with Crippen molar-refractivity contribution in [3.8, 4) is 11.1 Å². The molecule has 0 aliphatic carbocycles. The Hall–Kier alpha value is -3.22. The number of anilines is 3. The quantitative estimate of drug-likeness (QED) is 0.518. The van der Waals surface area contributed by atoms with Crippen LogP contribution in [0.1, 0.15) is 55.7 Å². The molecule has 1 N–H and O–H groups in total. The first-order valence-corrected chi connectivity index (χ1v) is 11.5. The first-order chi connectivity index (χ1) is 15.8. The van der Waals surface area contributed by atoms with E-state index in [9.17, 15) is 13.6 Å². The number of fused-ring (bicyclic) bond motifs is 2. The van der Waals surface area contributed by atoms with Crippen molar-refractivity contribution in [2.45, 2.75) is 45.5 Å². The molecule has 0 saturated carbocycles. The number of carbonyl (C=O) groups excluding carboxylic acids is 1. The summed E-state index contributed by atoms with van der Waals surface area (Å²) in [4.78, 5) is 14.4. The summed E-state index contributed by atoms with van der Waals surface area (Å²) in [6, 6.07) is 9.49. The third-order valence-electron chi connectivity index (χ3n) is 6.86. The molecule has 1 amide bonds. The number of aryl methyl sites for hydroxylation is 1. The van der Waals surface area contributed by atoms with Crippen LogP contribution in [0.3, 0.4) is 0 Å². The summed E-state index contributed by atoms with van der Waals surface area (Å²) in [5.41, 5.74) is 6.03. The van der Waals surface area contributed by atoms with Crippen LogP contribution in [0, 0.1) is 5.92 Å². The number of alkyl halides is 2. The lowest BCUT2D eigenvalue weighted by Gasteiger charge is -2.37. The molecule has 5 nitrogen and oxygen atoms in total. The molecule has 0 spiro atoms. The lowest BCUT2D eigenvalue weighted by Crippen LogP contribution is -2.27. The number of halogens is 2. The van der Waals surface area contributed by atoms with Crippen molar-refractivity contribution >= 4 is 23.0 Å². The monoisotopic (exact) mass is 450 g/mol. The van der Waals surface area contributed by atoms with Gasteiger partial charge in [-0.1, -0.05) is 19.9 Å². The summed E-state index contributed by atoms with van der Waals surface area (Å²) in [5.74, 6) is 0.478. The number of rotatable bonds is 3. The molecule has 5 rings (SSSR count). The number of carbonyl (C=O) groups is 1. The summed E-state index contributed by atoms with van der Waals surface area (Å²) in [6.45, 7) is 4.97. The first kappa shape index (κ1) is 21.6. The van der Waals surface area contributed by atoms with Crippen molar-refractivity contribution in [2.75, 3.05) is 16.8 Å². The predicted octanol–water partition coefficient (Wildman–Crippen LogP) is 6.19. The number of aromatic nitrogens is 2. The minimum atomic E-state index is -2.60. The van der Waals surface area contributed by atoms with Gasteiger partial charge in [-0.3, -0.25) is 9.48 Å². The highest BCUT2D eigenvalue weighted by molar-refractivity contribution is 5.94. The van der Waals surface area contributed by atoms with Crippen molar-refractivity contribution in [1.29, 1.82) is 0 Å². The topological polar surface area (TPSA) is 50.2 Å². The van der Waals surface area contributed by atoms with Crippen molar-refractivity contribution in [3.63, 3.8) is 0 Å². The van der Waals surface area contributed by atoms with Crippen LogP contribution >= 0.6 is 0 Å².